The van der Waals surface area contributed by atoms with E-state index in [9.17, 15) is 50.7 Å². The first kappa shape index (κ1) is 40.6. The summed E-state index contributed by atoms with van der Waals surface area (Å²) in [5, 5.41) is 25.1. The van der Waals surface area contributed by atoms with E-state index < -0.39 is 92.3 Å². The first-order valence-corrected chi connectivity index (χ1v) is 16.7. The Kier molecular flexibility index (Phi) is 19.7. The van der Waals surface area contributed by atoms with Crippen molar-refractivity contribution in [1.82, 2.24) is 20.7 Å². The van der Waals surface area contributed by atoms with E-state index in [-0.39, 0.29) is 64.9 Å². The van der Waals surface area contributed by atoms with Crippen LogP contribution < -0.4 is 20.7 Å². The molecule has 0 aromatic carbocycles. The summed E-state index contributed by atoms with van der Waals surface area (Å²) in [4.78, 5) is 69.5. The van der Waals surface area contributed by atoms with Gasteiger partial charge < -0.3 is 35.6 Å². The first-order valence-electron chi connectivity index (χ1n) is 13.4. The molecule has 0 aliphatic heterocycles. The molecule has 0 aliphatic rings. The number of hydrogen-bond donors (Lipinski definition) is 7. The van der Waals surface area contributed by atoms with Crippen LogP contribution in [0.15, 0.2) is 0 Å². The van der Waals surface area contributed by atoms with E-state index in [0.717, 1.165) is 0 Å². The van der Waals surface area contributed by atoms with Crippen molar-refractivity contribution in [3.8, 4) is 0 Å². The topological polar surface area (TPSA) is 298 Å². The molecule has 0 aromatic rings. The van der Waals surface area contributed by atoms with Crippen molar-refractivity contribution in [3.05, 3.63) is 0 Å². The fraction of sp³-hybridized carbons (Fsp3) is 0.739. The third kappa shape index (κ3) is 22.2. The second kappa shape index (κ2) is 21.3. The predicted octanol–water partition coefficient (Wildman–Crippen LogP) is -2.64. The number of carbonyl (C=O) groups excluding carboxylic acids is 4. The number of rotatable bonds is 25. The average Bonchev–Trinajstić information content (AvgIpc) is 2.89. The van der Waals surface area contributed by atoms with Gasteiger partial charge in [0.1, 0.15) is 18.7 Å². The molecule has 1 unspecified atom stereocenters. The highest BCUT2D eigenvalue weighted by molar-refractivity contribution is 7.90. The summed E-state index contributed by atoms with van der Waals surface area (Å²) < 4.78 is 65.6. The van der Waals surface area contributed by atoms with Crippen molar-refractivity contribution in [3.63, 3.8) is 0 Å². The summed E-state index contributed by atoms with van der Waals surface area (Å²) in [5.41, 5.74) is 0. The number of aliphatic carboxylic acids is 2. The fourth-order valence-corrected chi connectivity index (χ4v) is 4.81. The summed E-state index contributed by atoms with van der Waals surface area (Å²) in [7, 11) is -8.30. The fourth-order valence-electron chi connectivity index (χ4n) is 3.22. The highest BCUT2D eigenvalue weighted by Gasteiger charge is 2.23. The average molecular weight is 677 g/mol. The lowest BCUT2D eigenvalue weighted by Gasteiger charge is -2.16. The van der Waals surface area contributed by atoms with Crippen LogP contribution in [0.1, 0.15) is 51.9 Å². The zero-order valence-corrected chi connectivity index (χ0v) is 25.7. The lowest BCUT2D eigenvalue weighted by molar-refractivity contribution is -0.144. The molecule has 0 saturated heterocycles. The van der Waals surface area contributed by atoms with Crippen molar-refractivity contribution in [2.75, 3.05) is 44.5 Å². The molecule has 44 heavy (non-hydrogen) atoms. The zero-order chi connectivity index (χ0) is 33.8. The van der Waals surface area contributed by atoms with Gasteiger partial charge in [0.05, 0.1) is 31.3 Å². The minimum Gasteiger partial charge on any atom is -0.480 e. The summed E-state index contributed by atoms with van der Waals surface area (Å²) in [6, 6.07) is -2.50. The standard InChI is InChI=1S/C23H40N4O15S2/c1-2-16(22(32)33)25-19(29)8-7-17(23(34)35)26-21(31)15-42-12-11-41-10-9-24-18(28)5-3-13-43(36,37)27-20(30)6-4-14-44(38,39)40/h16-17H,2-15H2,1H3,(H,24,28)(H,25,29)(H,26,31)(H,27,30)(H,32,33)(H,34,35)(H,38,39,40)/t16?,17-/m0/s1. The SMILES string of the molecule is CCC(NC(=O)CC[C@H](NC(=O)COCCOCCNC(=O)CCCS(=O)(=O)NC(=O)CCCS(=O)(=O)O)C(=O)O)C(=O)O. The molecule has 0 fully saturated rings. The molecule has 0 radical (unpaired) electrons. The van der Waals surface area contributed by atoms with Crippen molar-refractivity contribution >= 4 is 55.7 Å². The maximum atomic E-state index is 11.9. The molecular formula is C23H40N4O15S2. The quantitative estimate of drug-likeness (QED) is 0.0384. The normalized spacial score (nSPS) is 12.9. The van der Waals surface area contributed by atoms with Crippen LogP contribution in [-0.2, 0) is 58.4 Å². The van der Waals surface area contributed by atoms with Crippen LogP contribution >= 0.6 is 0 Å². The Labute approximate surface area is 254 Å². The van der Waals surface area contributed by atoms with Crippen LogP contribution in [-0.4, -0.2) is 124 Å². The lowest BCUT2D eigenvalue weighted by Crippen LogP contribution is -2.44. The van der Waals surface area contributed by atoms with Crippen molar-refractivity contribution in [2.24, 2.45) is 0 Å². The first-order chi connectivity index (χ1) is 20.5. The van der Waals surface area contributed by atoms with Gasteiger partial charge in [0.25, 0.3) is 10.1 Å². The van der Waals surface area contributed by atoms with E-state index in [4.69, 9.17) is 19.1 Å². The Morgan fingerprint density at radius 3 is 1.86 bits per heavy atom. The summed E-state index contributed by atoms with van der Waals surface area (Å²) in [6.45, 7) is 1.17. The molecule has 0 aromatic heterocycles. The van der Waals surface area contributed by atoms with Gasteiger partial charge >= 0.3 is 11.9 Å². The van der Waals surface area contributed by atoms with Gasteiger partial charge in [-0.25, -0.2) is 18.0 Å². The van der Waals surface area contributed by atoms with Crippen molar-refractivity contribution in [1.29, 1.82) is 0 Å². The molecule has 0 bridgehead atoms. The number of carbonyl (C=O) groups is 6. The third-order valence-corrected chi connectivity index (χ3v) is 7.57. The van der Waals surface area contributed by atoms with Crippen molar-refractivity contribution in [2.45, 2.75) is 64.0 Å². The second-order valence-electron chi connectivity index (χ2n) is 9.22. The predicted molar refractivity (Wildman–Crippen MR) is 150 cm³/mol. The highest BCUT2D eigenvalue weighted by Crippen LogP contribution is 2.01. The molecule has 21 heteroatoms. The van der Waals surface area contributed by atoms with Gasteiger partial charge in [0, 0.05) is 25.8 Å². The van der Waals surface area contributed by atoms with E-state index in [1.165, 1.54) is 0 Å². The van der Waals surface area contributed by atoms with E-state index in [1.54, 1.807) is 11.6 Å². The van der Waals surface area contributed by atoms with Crippen LogP contribution in [0.3, 0.4) is 0 Å². The molecule has 0 rings (SSSR count). The minimum atomic E-state index is -4.26. The number of sulfonamides is 1. The number of nitrogens with one attached hydrogen (secondary N) is 4. The maximum absolute atomic E-state index is 11.9. The van der Waals surface area contributed by atoms with E-state index in [0.29, 0.717) is 0 Å². The van der Waals surface area contributed by atoms with Crippen LogP contribution in [0, 0.1) is 0 Å². The Morgan fingerprint density at radius 2 is 1.27 bits per heavy atom. The van der Waals surface area contributed by atoms with E-state index in [1.807, 2.05) is 0 Å². The summed E-state index contributed by atoms with van der Waals surface area (Å²) in [6.07, 6.45) is -1.41. The molecule has 7 N–H and O–H groups in total. The Hall–Kier alpha value is -3.40. The van der Waals surface area contributed by atoms with Gasteiger partial charge in [0.2, 0.25) is 33.7 Å². The minimum absolute atomic E-state index is 0.0238. The Bertz CT molecular complexity index is 1190. The highest BCUT2D eigenvalue weighted by atomic mass is 32.2. The molecule has 0 saturated carbocycles. The largest absolute Gasteiger partial charge is 0.480 e. The number of carboxylic acids is 2. The maximum Gasteiger partial charge on any atom is 0.326 e. The molecule has 254 valence electrons. The molecule has 19 nitrogen and oxygen atoms in total. The Balaban J connectivity index is 4.03. The van der Waals surface area contributed by atoms with Crippen LogP contribution in [0.2, 0.25) is 0 Å². The van der Waals surface area contributed by atoms with Crippen LogP contribution in [0.25, 0.3) is 0 Å². The number of ether oxygens (including phenoxy) is 2. The lowest BCUT2D eigenvalue weighted by atomic mass is 10.1. The molecule has 0 aliphatic carbocycles. The van der Waals surface area contributed by atoms with Gasteiger partial charge in [-0.1, -0.05) is 6.92 Å². The third-order valence-electron chi connectivity index (χ3n) is 5.40. The molecule has 0 spiro atoms. The van der Waals surface area contributed by atoms with E-state index >= 15 is 0 Å². The van der Waals surface area contributed by atoms with Gasteiger partial charge in [-0.3, -0.25) is 28.5 Å². The monoisotopic (exact) mass is 676 g/mol. The number of amides is 4. The molecular weight excluding hydrogens is 636 g/mol. The van der Waals surface area contributed by atoms with Gasteiger partial charge in [-0.2, -0.15) is 8.42 Å². The zero-order valence-electron chi connectivity index (χ0n) is 24.1. The molecule has 2 atom stereocenters. The summed E-state index contributed by atoms with van der Waals surface area (Å²) >= 11 is 0. The van der Waals surface area contributed by atoms with Gasteiger partial charge in [-0.05, 0) is 25.7 Å². The molecule has 0 heterocycles. The van der Waals surface area contributed by atoms with Gasteiger partial charge in [0.15, 0.2) is 0 Å². The van der Waals surface area contributed by atoms with Crippen LogP contribution in [0.4, 0.5) is 0 Å². The van der Waals surface area contributed by atoms with Gasteiger partial charge in [-0.15, -0.1) is 0 Å². The van der Waals surface area contributed by atoms with Crippen LogP contribution in [0.5, 0.6) is 0 Å². The Morgan fingerprint density at radius 1 is 0.705 bits per heavy atom. The van der Waals surface area contributed by atoms with E-state index in [2.05, 4.69) is 16.0 Å². The second-order valence-corrected chi connectivity index (χ2v) is 12.6. The molecule has 4 amide bonds. The smallest absolute Gasteiger partial charge is 0.326 e. The number of carboxylic acid groups (broad SMARTS) is 2. The van der Waals surface area contributed by atoms with Crippen molar-refractivity contribution < 1.29 is 69.8 Å². The number of hydrogen-bond acceptors (Lipinski definition) is 12. The summed E-state index contributed by atoms with van der Waals surface area (Å²) in [5.74, 6) is -6.68.